The van der Waals surface area contributed by atoms with Crippen molar-refractivity contribution in [3.8, 4) is 17.2 Å². The maximum absolute atomic E-state index is 13.0. The van der Waals surface area contributed by atoms with Crippen LogP contribution in [0.3, 0.4) is 0 Å². The van der Waals surface area contributed by atoms with Crippen molar-refractivity contribution in [3.05, 3.63) is 58.9 Å². The first-order valence-corrected chi connectivity index (χ1v) is 12.3. The van der Waals surface area contributed by atoms with Gasteiger partial charge in [0.2, 0.25) is 0 Å². The molecule has 1 atom stereocenters. The summed E-state index contributed by atoms with van der Waals surface area (Å²) in [5, 5.41) is 9.53. The fourth-order valence-electron chi connectivity index (χ4n) is 3.72. The number of aromatic nitrogens is 3. The summed E-state index contributed by atoms with van der Waals surface area (Å²) in [5.74, 6) is 3.49. The fourth-order valence-corrected chi connectivity index (χ4v) is 4.56. The highest BCUT2D eigenvalue weighted by molar-refractivity contribution is 7.99. The molecule has 3 aromatic rings. The Morgan fingerprint density at radius 3 is 2.29 bits per heavy atom. The van der Waals surface area contributed by atoms with E-state index in [2.05, 4.69) is 28.6 Å². The second-order valence-corrected chi connectivity index (χ2v) is 9.55. The second-order valence-electron chi connectivity index (χ2n) is 8.60. The van der Waals surface area contributed by atoms with Gasteiger partial charge in [0.15, 0.2) is 34.4 Å². The molecule has 3 rings (SSSR count). The number of para-hydroxylation sites is 2. The van der Waals surface area contributed by atoms with Gasteiger partial charge in [0.25, 0.3) is 0 Å². The van der Waals surface area contributed by atoms with Crippen molar-refractivity contribution < 1.29 is 19.0 Å². The Bertz CT molecular complexity index is 1140. The number of carbonyl (C=O) groups is 1. The molecule has 0 aliphatic rings. The van der Waals surface area contributed by atoms with Crippen molar-refractivity contribution in [2.24, 2.45) is 5.92 Å². The summed E-state index contributed by atoms with van der Waals surface area (Å²) in [6.45, 7) is 10.8. The standard InChI is InChI=1S/C26H33N3O4S/c1-16(2)14-29-25(19(5)33-23-11-9-8-10-22(23)31-6)27-28-26(29)34-15-21(30)20-12-18(4)24(32-7)13-17(20)3/h8-13,16,19H,14-15H2,1-7H3. The molecule has 0 aliphatic heterocycles. The smallest absolute Gasteiger partial charge is 0.191 e. The van der Waals surface area contributed by atoms with E-state index in [1.165, 1.54) is 11.8 Å². The van der Waals surface area contributed by atoms with Crippen molar-refractivity contribution in [1.82, 2.24) is 14.8 Å². The van der Waals surface area contributed by atoms with Crippen molar-refractivity contribution in [2.45, 2.75) is 52.4 Å². The van der Waals surface area contributed by atoms with E-state index in [1.54, 1.807) is 14.2 Å². The van der Waals surface area contributed by atoms with Gasteiger partial charge in [-0.25, -0.2) is 0 Å². The molecule has 0 saturated heterocycles. The highest BCUT2D eigenvalue weighted by atomic mass is 32.2. The highest BCUT2D eigenvalue weighted by Crippen LogP contribution is 2.32. The molecule has 1 heterocycles. The topological polar surface area (TPSA) is 75.5 Å². The van der Waals surface area contributed by atoms with E-state index in [9.17, 15) is 4.79 Å². The van der Waals surface area contributed by atoms with Gasteiger partial charge >= 0.3 is 0 Å². The summed E-state index contributed by atoms with van der Waals surface area (Å²) in [4.78, 5) is 13.0. The number of ketones is 1. The van der Waals surface area contributed by atoms with E-state index in [0.29, 0.717) is 34.0 Å². The summed E-state index contributed by atoms with van der Waals surface area (Å²) in [6, 6.07) is 11.3. The molecule has 0 N–H and O–H groups in total. The number of thioether (sulfide) groups is 1. The minimum atomic E-state index is -0.348. The van der Waals surface area contributed by atoms with Crippen LogP contribution in [0.1, 0.15) is 54.2 Å². The van der Waals surface area contributed by atoms with Crippen molar-refractivity contribution in [1.29, 1.82) is 0 Å². The maximum atomic E-state index is 13.0. The van der Waals surface area contributed by atoms with Crippen molar-refractivity contribution in [2.75, 3.05) is 20.0 Å². The molecule has 0 radical (unpaired) electrons. The van der Waals surface area contributed by atoms with E-state index in [1.807, 2.05) is 57.2 Å². The number of rotatable bonds is 11. The van der Waals surface area contributed by atoms with Crippen LogP contribution in [0.15, 0.2) is 41.6 Å². The molecule has 1 unspecified atom stereocenters. The largest absolute Gasteiger partial charge is 0.496 e. The van der Waals surface area contributed by atoms with Gasteiger partial charge in [-0.2, -0.15) is 0 Å². The Labute approximate surface area is 205 Å². The molecule has 34 heavy (non-hydrogen) atoms. The van der Waals surface area contributed by atoms with E-state index < -0.39 is 0 Å². The maximum Gasteiger partial charge on any atom is 0.191 e. The van der Waals surface area contributed by atoms with Crippen LogP contribution in [-0.2, 0) is 6.54 Å². The van der Waals surface area contributed by atoms with Gasteiger partial charge in [-0.3, -0.25) is 4.79 Å². The SMILES string of the molecule is COc1cc(C)c(C(=O)CSc2nnc(C(C)Oc3ccccc3OC)n2CC(C)C)cc1C. The number of benzene rings is 2. The number of aryl methyl sites for hydroxylation is 2. The zero-order chi connectivity index (χ0) is 24.8. The summed E-state index contributed by atoms with van der Waals surface area (Å²) in [6.07, 6.45) is -0.348. The minimum Gasteiger partial charge on any atom is -0.496 e. The molecule has 2 aromatic carbocycles. The number of hydrogen-bond donors (Lipinski definition) is 0. The van der Waals surface area contributed by atoms with Crippen LogP contribution in [0.5, 0.6) is 17.2 Å². The van der Waals surface area contributed by atoms with Gasteiger partial charge < -0.3 is 18.8 Å². The minimum absolute atomic E-state index is 0.0484. The van der Waals surface area contributed by atoms with E-state index in [-0.39, 0.29) is 17.6 Å². The third-order valence-electron chi connectivity index (χ3n) is 5.40. The van der Waals surface area contributed by atoms with Crippen molar-refractivity contribution in [3.63, 3.8) is 0 Å². The normalized spacial score (nSPS) is 12.0. The predicted octanol–water partition coefficient (Wildman–Crippen LogP) is 5.68. The number of carbonyl (C=O) groups excluding carboxylic acids is 1. The van der Waals surface area contributed by atoms with Crippen LogP contribution in [0.2, 0.25) is 0 Å². The van der Waals surface area contributed by atoms with Crippen LogP contribution < -0.4 is 14.2 Å². The van der Waals surface area contributed by atoms with E-state index in [4.69, 9.17) is 14.2 Å². The van der Waals surface area contributed by atoms with E-state index in [0.717, 1.165) is 23.4 Å². The number of nitrogens with zero attached hydrogens (tertiary/aromatic N) is 3. The Hall–Kier alpha value is -3.00. The Balaban J connectivity index is 1.80. The van der Waals surface area contributed by atoms with Gasteiger partial charge in [-0.15, -0.1) is 10.2 Å². The molecule has 0 bridgehead atoms. The Morgan fingerprint density at radius 2 is 1.65 bits per heavy atom. The van der Waals surface area contributed by atoms with Crippen LogP contribution >= 0.6 is 11.8 Å². The average Bonchev–Trinajstić information content (AvgIpc) is 3.20. The average molecular weight is 484 g/mol. The van der Waals surface area contributed by atoms with Crippen LogP contribution in [0.4, 0.5) is 0 Å². The molecular weight excluding hydrogens is 450 g/mol. The molecule has 182 valence electrons. The lowest BCUT2D eigenvalue weighted by atomic mass is 10.0. The number of methoxy groups -OCH3 is 2. The van der Waals surface area contributed by atoms with Gasteiger partial charge in [0, 0.05) is 12.1 Å². The quantitative estimate of drug-likeness (QED) is 0.256. The summed E-state index contributed by atoms with van der Waals surface area (Å²) in [7, 11) is 3.25. The van der Waals surface area contributed by atoms with Crippen LogP contribution in [0, 0.1) is 19.8 Å². The lowest BCUT2D eigenvalue weighted by molar-refractivity contribution is 0.102. The van der Waals surface area contributed by atoms with Gasteiger partial charge in [0.1, 0.15) is 5.75 Å². The predicted molar refractivity (Wildman–Crippen MR) is 134 cm³/mol. The lowest BCUT2D eigenvalue weighted by Gasteiger charge is -2.19. The molecule has 0 amide bonds. The molecule has 0 spiro atoms. The summed E-state index contributed by atoms with van der Waals surface area (Å²) in [5.41, 5.74) is 2.54. The van der Waals surface area contributed by atoms with Crippen LogP contribution in [-0.4, -0.2) is 40.5 Å². The molecule has 7 nitrogen and oxygen atoms in total. The summed E-state index contributed by atoms with van der Waals surface area (Å²) < 4.78 is 19.0. The molecule has 8 heteroatoms. The third-order valence-corrected chi connectivity index (χ3v) is 6.37. The number of ether oxygens (including phenoxy) is 3. The summed E-state index contributed by atoms with van der Waals surface area (Å²) >= 11 is 1.40. The first-order chi connectivity index (χ1) is 16.2. The number of Topliss-reactive ketones (excluding diaryl/α,β-unsaturated/α-hetero) is 1. The third kappa shape index (κ3) is 5.91. The first kappa shape index (κ1) is 25.6. The number of hydrogen-bond acceptors (Lipinski definition) is 7. The van der Waals surface area contributed by atoms with Gasteiger partial charge in [-0.05, 0) is 62.1 Å². The second kappa shape index (κ2) is 11.4. The Kier molecular flexibility index (Phi) is 8.61. The first-order valence-electron chi connectivity index (χ1n) is 11.3. The molecule has 0 saturated carbocycles. The fraction of sp³-hybridized carbons (Fsp3) is 0.423. The van der Waals surface area contributed by atoms with E-state index >= 15 is 0 Å². The highest BCUT2D eigenvalue weighted by Gasteiger charge is 2.22. The molecule has 0 fully saturated rings. The zero-order valence-corrected chi connectivity index (χ0v) is 21.7. The molecule has 1 aromatic heterocycles. The van der Waals surface area contributed by atoms with Gasteiger partial charge in [-0.1, -0.05) is 37.7 Å². The zero-order valence-electron chi connectivity index (χ0n) is 20.9. The monoisotopic (exact) mass is 483 g/mol. The van der Waals surface area contributed by atoms with Gasteiger partial charge in [0.05, 0.1) is 20.0 Å². The Morgan fingerprint density at radius 1 is 0.971 bits per heavy atom. The van der Waals surface area contributed by atoms with Crippen LogP contribution in [0.25, 0.3) is 0 Å². The van der Waals surface area contributed by atoms with Crippen molar-refractivity contribution >= 4 is 17.5 Å². The molecular formula is C26H33N3O4S. The molecule has 0 aliphatic carbocycles. The lowest BCUT2D eigenvalue weighted by Crippen LogP contribution is -2.16.